The normalized spacial score (nSPS) is 12.3. The summed E-state index contributed by atoms with van der Waals surface area (Å²) in [6.07, 6.45) is 0.275. The van der Waals surface area contributed by atoms with E-state index >= 15 is 0 Å². The van der Waals surface area contributed by atoms with Crippen molar-refractivity contribution in [2.24, 2.45) is 0 Å². The van der Waals surface area contributed by atoms with E-state index in [1.54, 1.807) is 24.3 Å². The Morgan fingerprint density at radius 3 is 2.80 bits per heavy atom. The molecule has 0 aliphatic rings. The number of rotatable bonds is 4. The van der Waals surface area contributed by atoms with Gasteiger partial charge in [0, 0.05) is 12.1 Å². The molecule has 0 saturated heterocycles. The molecule has 106 valence electrons. The Bertz CT molecular complexity index is 666. The number of halogens is 1. The van der Waals surface area contributed by atoms with Gasteiger partial charge in [0.1, 0.15) is 17.5 Å². The first-order valence-electron chi connectivity index (χ1n) is 6.18. The summed E-state index contributed by atoms with van der Waals surface area (Å²) in [5.41, 5.74) is 0.188. The lowest BCUT2D eigenvalue weighted by Crippen LogP contribution is -2.17. The van der Waals surface area contributed by atoms with Crippen LogP contribution in [0.4, 0.5) is 0 Å². The van der Waals surface area contributed by atoms with Crippen molar-refractivity contribution in [3.63, 3.8) is 0 Å². The molecule has 1 aromatic heterocycles. The summed E-state index contributed by atoms with van der Waals surface area (Å²) in [5.74, 6) is -0.0233. The second-order valence-electron chi connectivity index (χ2n) is 4.29. The van der Waals surface area contributed by atoms with Crippen molar-refractivity contribution in [3.8, 4) is 17.0 Å². The van der Waals surface area contributed by atoms with Gasteiger partial charge in [-0.3, -0.25) is 4.79 Å². The van der Waals surface area contributed by atoms with Crippen LogP contribution >= 0.6 is 11.6 Å². The number of hydrogen-bond donors (Lipinski definition) is 2. The van der Waals surface area contributed by atoms with Crippen LogP contribution in [0.15, 0.2) is 29.1 Å². The van der Waals surface area contributed by atoms with Crippen molar-refractivity contribution in [1.29, 1.82) is 0 Å². The number of nitrogens with zero attached hydrogens (tertiary/aromatic N) is 1. The first-order valence-corrected chi connectivity index (χ1v) is 6.56. The van der Waals surface area contributed by atoms with Gasteiger partial charge < -0.3 is 14.8 Å². The molecule has 5 nitrogen and oxygen atoms in total. The second-order valence-corrected chi connectivity index (χ2v) is 4.73. The highest BCUT2D eigenvalue weighted by Gasteiger charge is 2.17. The molecule has 0 spiro atoms. The van der Waals surface area contributed by atoms with Crippen LogP contribution in [0.3, 0.4) is 0 Å². The second kappa shape index (κ2) is 6.07. The maximum atomic E-state index is 12.2. The summed E-state index contributed by atoms with van der Waals surface area (Å²) >= 11 is 5.89. The minimum atomic E-state index is -0.426. The average Bonchev–Trinajstić information content (AvgIpc) is 2.39. The van der Waals surface area contributed by atoms with E-state index in [0.717, 1.165) is 0 Å². The van der Waals surface area contributed by atoms with Gasteiger partial charge in [0.25, 0.3) is 5.56 Å². The number of nitrogens with one attached hydrogen (secondary N) is 1. The first-order chi connectivity index (χ1) is 9.56. The summed E-state index contributed by atoms with van der Waals surface area (Å²) in [5, 5.41) is 10.5. The fraction of sp³-hybridized carbons (Fsp3) is 0.286. The number of aromatic amines is 1. The molecule has 1 aromatic carbocycles. The van der Waals surface area contributed by atoms with E-state index in [9.17, 15) is 9.90 Å². The molecule has 0 radical (unpaired) electrons. The molecule has 0 amide bonds. The predicted octanol–water partition coefficient (Wildman–Crippen LogP) is 2.89. The van der Waals surface area contributed by atoms with E-state index < -0.39 is 5.56 Å². The van der Waals surface area contributed by atoms with Crippen LogP contribution in [0, 0.1) is 0 Å². The molecule has 0 aliphatic heterocycles. The third kappa shape index (κ3) is 2.84. The van der Waals surface area contributed by atoms with Crippen molar-refractivity contribution >= 4 is 11.6 Å². The quantitative estimate of drug-likeness (QED) is 0.909. The van der Waals surface area contributed by atoms with Gasteiger partial charge in [0.15, 0.2) is 0 Å². The molecule has 0 bridgehead atoms. The fourth-order valence-corrected chi connectivity index (χ4v) is 2.20. The summed E-state index contributed by atoms with van der Waals surface area (Å²) in [4.78, 5) is 18.8. The molecular formula is C14H15ClN2O3. The van der Waals surface area contributed by atoms with E-state index in [-0.39, 0.29) is 17.5 Å². The molecule has 20 heavy (non-hydrogen) atoms. The number of H-pyrrole nitrogens is 1. The largest absolute Gasteiger partial charge is 0.493 e. The lowest BCUT2D eigenvalue weighted by Gasteiger charge is -2.13. The smallest absolute Gasteiger partial charge is 0.262 e. The fourth-order valence-electron chi connectivity index (χ4n) is 2.01. The average molecular weight is 295 g/mol. The lowest BCUT2D eigenvalue weighted by atomic mass is 10.1. The van der Waals surface area contributed by atoms with Gasteiger partial charge in [-0.2, -0.15) is 4.98 Å². The monoisotopic (exact) mass is 294 g/mol. The Balaban J connectivity index is 2.55. The Kier molecular flexibility index (Phi) is 4.42. The lowest BCUT2D eigenvalue weighted by molar-refractivity contribution is 0.0918. The number of benzene rings is 1. The van der Waals surface area contributed by atoms with Crippen LogP contribution < -0.4 is 5.56 Å². The van der Waals surface area contributed by atoms with Crippen LogP contribution in [-0.2, 0) is 4.74 Å². The number of methoxy groups -OCH3 is 1. The highest BCUT2D eigenvalue weighted by atomic mass is 35.5. The zero-order chi connectivity index (χ0) is 14.7. The maximum Gasteiger partial charge on any atom is 0.262 e. The molecule has 1 unspecified atom stereocenters. The van der Waals surface area contributed by atoms with Crippen molar-refractivity contribution in [1.82, 2.24) is 9.97 Å². The third-order valence-electron chi connectivity index (χ3n) is 2.99. The van der Waals surface area contributed by atoms with Gasteiger partial charge in [-0.05, 0) is 24.1 Å². The van der Waals surface area contributed by atoms with E-state index in [2.05, 4.69) is 9.97 Å². The minimum Gasteiger partial charge on any atom is -0.493 e. The SMILES string of the molecule is CCC(OC)c1nc(O)c(-c2cccc(Cl)c2)c(=O)[nH]1. The molecule has 2 N–H and O–H groups in total. The molecule has 2 aromatic rings. The highest BCUT2D eigenvalue weighted by Crippen LogP contribution is 2.27. The van der Waals surface area contributed by atoms with Gasteiger partial charge in [-0.25, -0.2) is 0 Å². The molecular weight excluding hydrogens is 280 g/mol. The molecule has 0 aliphatic carbocycles. The molecule has 6 heteroatoms. The Morgan fingerprint density at radius 2 is 2.25 bits per heavy atom. The van der Waals surface area contributed by atoms with Crippen LogP contribution in [-0.4, -0.2) is 22.2 Å². The summed E-state index contributed by atoms with van der Waals surface area (Å²) < 4.78 is 5.20. The zero-order valence-corrected chi connectivity index (χ0v) is 11.9. The van der Waals surface area contributed by atoms with Gasteiger partial charge in [-0.15, -0.1) is 0 Å². The number of aromatic hydroxyl groups is 1. The number of hydrogen-bond acceptors (Lipinski definition) is 4. The van der Waals surface area contributed by atoms with E-state index in [0.29, 0.717) is 22.8 Å². The van der Waals surface area contributed by atoms with Gasteiger partial charge in [-0.1, -0.05) is 30.7 Å². The molecule has 1 atom stereocenters. The predicted molar refractivity (Wildman–Crippen MR) is 77.0 cm³/mol. The zero-order valence-electron chi connectivity index (χ0n) is 11.2. The van der Waals surface area contributed by atoms with Crippen LogP contribution in [0.1, 0.15) is 25.3 Å². The third-order valence-corrected chi connectivity index (χ3v) is 3.23. The van der Waals surface area contributed by atoms with Crippen molar-refractivity contribution in [3.05, 3.63) is 45.5 Å². The Morgan fingerprint density at radius 1 is 1.50 bits per heavy atom. The number of ether oxygens (including phenoxy) is 1. The van der Waals surface area contributed by atoms with Crippen molar-refractivity contribution in [2.75, 3.05) is 7.11 Å². The summed E-state index contributed by atoms with van der Waals surface area (Å²) in [6.45, 7) is 1.90. The Labute approximate surface area is 121 Å². The van der Waals surface area contributed by atoms with Gasteiger partial charge >= 0.3 is 0 Å². The molecule has 0 saturated carbocycles. The number of aromatic nitrogens is 2. The van der Waals surface area contributed by atoms with Gasteiger partial charge in [0.05, 0.1) is 0 Å². The van der Waals surface area contributed by atoms with E-state index in [4.69, 9.17) is 16.3 Å². The minimum absolute atomic E-state index is 0.0993. The van der Waals surface area contributed by atoms with Crippen molar-refractivity contribution < 1.29 is 9.84 Å². The topological polar surface area (TPSA) is 75.2 Å². The maximum absolute atomic E-state index is 12.2. The standard InChI is InChI=1S/C14H15ClN2O3/c1-3-10(20-2)12-16-13(18)11(14(19)17-12)8-5-4-6-9(15)7-8/h4-7,10H,3H2,1-2H3,(H2,16,17,18,19). The molecule has 1 heterocycles. The highest BCUT2D eigenvalue weighted by molar-refractivity contribution is 6.30. The van der Waals surface area contributed by atoms with Gasteiger partial charge in [0.2, 0.25) is 5.88 Å². The first kappa shape index (κ1) is 14.6. The van der Waals surface area contributed by atoms with Crippen LogP contribution in [0.2, 0.25) is 5.02 Å². The summed E-state index contributed by atoms with van der Waals surface area (Å²) in [6, 6.07) is 6.68. The van der Waals surface area contributed by atoms with E-state index in [1.165, 1.54) is 7.11 Å². The van der Waals surface area contributed by atoms with Crippen LogP contribution in [0.5, 0.6) is 5.88 Å². The van der Waals surface area contributed by atoms with Crippen LogP contribution in [0.25, 0.3) is 11.1 Å². The van der Waals surface area contributed by atoms with Crippen molar-refractivity contribution in [2.45, 2.75) is 19.4 Å². The summed E-state index contributed by atoms with van der Waals surface area (Å²) in [7, 11) is 1.52. The Hall–Kier alpha value is -1.85. The molecule has 2 rings (SSSR count). The van der Waals surface area contributed by atoms with E-state index in [1.807, 2.05) is 6.92 Å². The molecule has 0 fully saturated rings.